The average Bonchev–Trinajstić information content (AvgIpc) is 2.63. The molecule has 2 N–H and O–H groups in total. The second-order valence-corrected chi connectivity index (χ2v) is 9.64. The Labute approximate surface area is 170 Å². The molecule has 1 heterocycles. The van der Waals surface area contributed by atoms with Crippen molar-refractivity contribution in [1.82, 2.24) is 15.3 Å². The van der Waals surface area contributed by atoms with Crippen molar-refractivity contribution in [3.8, 4) is 11.8 Å². The van der Waals surface area contributed by atoms with E-state index in [0.29, 0.717) is 0 Å². The molecule has 4 aliphatic carbocycles. The molecular formula is C21H28N4O4. The van der Waals surface area contributed by atoms with Gasteiger partial charge in [0.2, 0.25) is 11.8 Å². The van der Waals surface area contributed by atoms with Crippen molar-refractivity contribution in [2.24, 2.45) is 17.8 Å². The van der Waals surface area contributed by atoms with Crippen molar-refractivity contribution in [2.45, 2.75) is 63.5 Å². The molecule has 8 heteroatoms. The van der Waals surface area contributed by atoms with Crippen LogP contribution in [0.2, 0.25) is 0 Å². The summed E-state index contributed by atoms with van der Waals surface area (Å²) < 4.78 is 11.0. The molecular weight excluding hydrogens is 372 g/mol. The standard InChI is InChI=1S/C21H28N4O4/c1-20(2,22-3)12-29-18-7-17(23-19(27)24-18)28-11-16(26)25-21-8-13-4-14(9-21)6-15(5-13)10-21/h7,13-15H,4-6,8-12H2,1-2H3,(H,25,26)(H,23,24,27). The van der Waals surface area contributed by atoms with E-state index in [-0.39, 0.29) is 36.4 Å². The van der Waals surface area contributed by atoms with Gasteiger partial charge in [0.15, 0.2) is 13.2 Å². The number of hydrogen-bond acceptors (Lipinski definition) is 5. The summed E-state index contributed by atoms with van der Waals surface area (Å²) in [6.07, 6.45) is 7.16. The molecule has 0 atom stereocenters. The van der Waals surface area contributed by atoms with Gasteiger partial charge in [-0.2, -0.15) is 4.98 Å². The summed E-state index contributed by atoms with van der Waals surface area (Å²) in [4.78, 5) is 34.0. The third-order valence-corrected chi connectivity index (χ3v) is 6.37. The molecule has 0 aromatic carbocycles. The number of H-pyrrole nitrogens is 1. The lowest BCUT2D eigenvalue weighted by Gasteiger charge is -2.56. The Morgan fingerprint density at radius 1 is 1.28 bits per heavy atom. The molecule has 156 valence electrons. The lowest BCUT2D eigenvalue weighted by molar-refractivity contribution is -0.128. The number of rotatable bonds is 7. The summed E-state index contributed by atoms with van der Waals surface area (Å²) in [5, 5.41) is 3.23. The van der Waals surface area contributed by atoms with Crippen LogP contribution in [-0.4, -0.2) is 40.2 Å². The van der Waals surface area contributed by atoms with Gasteiger partial charge in [-0.05, 0) is 56.3 Å². The van der Waals surface area contributed by atoms with Crippen molar-refractivity contribution >= 4 is 5.91 Å². The maximum atomic E-state index is 12.6. The number of ether oxygens (including phenoxy) is 2. The molecule has 4 bridgehead atoms. The van der Waals surface area contributed by atoms with E-state index < -0.39 is 11.2 Å². The predicted molar refractivity (Wildman–Crippen MR) is 106 cm³/mol. The maximum absolute atomic E-state index is 12.6. The van der Waals surface area contributed by atoms with E-state index in [1.807, 2.05) is 0 Å². The quantitative estimate of drug-likeness (QED) is 0.685. The number of amides is 1. The van der Waals surface area contributed by atoms with Gasteiger partial charge in [-0.15, -0.1) is 0 Å². The first kappa shape index (κ1) is 19.7. The summed E-state index contributed by atoms with van der Waals surface area (Å²) in [7, 11) is 0. The Kier molecular flexibility index (Phi) is 5.01. The van der Waals surface area contributed by atoms with Crippen LogP contribution in [0.5, 0.6) is 11.8 Å². The van der Waals surface area contributed by atoms with E-state index in [9.17, 15) is 9.59 Å². The average molecular weight is 400 g/mol. The van der Waals surface area contributed by atoms with Crippen LogP contribution in [0.4, 0.5) is 0 Å². The fourth-order valence-corrected chi connectivity index (χ4v) is 5.59. The predicted octanol–water partition coefficient (Wildman–Crippen LogP) is 2.31. The number of carbonyl (C=O) groups excluding carboxylic acids is 1. The summed E-state index contributed by atoms with van der Waals surface area (Å²) in [5.41, 5.74) is -1.41. The zero-order valence-electron chi connectivity index (χ0n) is 17.0. The molecule has 0 spiro atoms. The van der Waals surface area contributed by atoms with Crippen molar-refractivity contribution in [3.05, 3.63) is 28.0 Å². The normalized spacial score (nSPS) is 29.9. The van der Waals surface area contributed by atoms with Crippen LogP contribution < -0.4 is 20.5 Å². The van der Waals surface area contributed by atoms with Crippen LogP contribution in [0.15, 0.2) is 10.9 Å². The van der Waals surface area contributed by atoms with E-state index in [1.165, 1.54) is 25.3 Å². The summed E-state index contributed by atoms with van der Waals surface area (Å²) >= 11 is 0. The van der Waals surface area contributed by atoms with Gasteiger partial charge in [-0.25, -0.2) is 11.4 Å². The Bertz CT molecular complexity index is 850. The van der Waals surface area contributed by atoms with Gasteiger partial charge in [0.1, 0.15) is 0 Å². The molecule has 1 amide bonds. The largest absolute Gasteiger partial charge is 0.470 e. The molecule has 5 rings (SSSR count). The maximum Gasteiger partial charge on any atom is 0.351 e. The lowest BCUT2D eigenvalue weighted by Crippen LogP contribution is -2.60. The monoisotopic (exact) mass is 400 g/mol. The fourth-order valence-electron chi connectivity index (χ4n) is 5.59. The van der Waals surface area contributed by atoms with E-state index in [2.05, 4.69) is 20.1 Å². The van der Waals surface area contributed by atoms with Gasteiger partial charge in [0, 0.05) is 19.4 Å². The minimum Gasteiger partial charge on any atom is -0.470 e. The highest BCUT2D eigenvalue weighted by atomic mass is 16.5. The Morgan fingerprint density at radius 3 is 2.48 bits per heavy atom. The molecule has 0 unspecified atom stereocenters. The lowest BCUT2D eigenvalue weighted by atomic mass is 9.53. The number of nitrogens with one attached hydrogen (secondary N) is 2. The second kappa shape index (κ2) is 7.36. The fraction of sp³-hybridized carbons (Fsp3) is 0.714. The Balaban J connectivity index is 1.34. The zero-order valence-corrected chi connectivity index (χ0v) is 17.0. The molecule has 1 aromatic heterocycles. The molecule has 0 radical (unpaired) electrons. The summed E-state index contributed by atoms with van der Waals surface area (Å²) in [5.74, 6) is 2.26. The van der Waals surface area contributed by atoms with Crippen LogP contribution >= 0.6 is 0 Å². The van der Waals surface area contributed by atoms with Crippen LogP contribution in [0, 0.1) is 24.3 Å². The first-order valence-electron chi connectivity index (χ1n) is 10.3. The Morgan fingerprint density at radius 2 is 1.90 bits per heavy atom. The number of aromatic nitrogens is 2. The molecule has 4 fully saturated rings. The summed E-state index contributed by atoms with van der Waals surface area (Å²) in [6.45, 7) is 10.5. The van der Waals surface area contributed by atoms with Crippen molar-refractivity contribution < 1.29 is 14.3 Å². The highest BCUT2D eigenvalue weighted by Gasteiger charge is 2.51. The molecule has 4 aliphatic rings. The van der Waals surface area contributed by atoms with Gasteiger partial charge in [0.05, 0.1) is 6.07 Å². The van der Waals surface area contributed by atoms with Crippen molar-refractivity contribution in [2.75, 3.05) is 13.2 Å². The third kappa shape index (κ3) is 4.55. The third-order valence-electron chi connectivity index (χ3n) is 6.37. The van der Waals surface area contributed by atoms with Crippen LogP contribution in [0.3, 0.4) is 0 Å². The van der Waals surface area contributed by atoms with E-state index >= 15 is 0 Å². The molecule has 8 nitrogen and oxygen atoms in total. The van der Waals surface area contributed by atoms with Gasteiger partial charge in [0.25, 0.3) is 11.4 Å². The van der Waals surface area contributed by atoms with Crippen LogP contribution in [-0.2, 0) is 4.79 Å². The first-order valence-corrected chi connectivity index (χ1v) is 10.3. The van der Waals surface area contributed by atoms with Gasteiger partial charge in [-0.1, -0.05) is 0 Å². The van der Waals surface area contributed by atoms with Crippen molar-refractivity contribution in [1.29, 1.82) is 0 Å². The van der Waals surface area contributed by atoms with Gasteiger partial charge < -0.3 is 19.6 Å². The number of aromatic amines is 1. The number of hydrogen-bond donors (Lipinski definition) is 2. The molecule has 0 saturated heterocycles. The Hall–Kier alpha value is -2.56. The van der Waals surface area contributed by atoms with Crippen molar-refractivity contribution in [3.63, 3.8) is 0 Å². The van der Waals surface area contributed by atoms with Gasteiger partial charge in [-0.3, -0.25) is 9.78 Å². The second-order valence-electron chi connectivity index (χ2n) is 9.64. The summed E-state index contributed by atoms with van der Waals surface area (Å²) in [6, 6.07) is 1.43. The first-order chi connectivity index (χ1) is 13.7. The minimum atomic E-state index is -0.709. The minimum absolute atomic E-state index is 0.0324. The molecule has 29 heavy (non-hydrogen) atoms. The van der Waals surface area contributed by atoms with Crippen LogP contribution in [0.25, 0.3) is 4.85 Å². The zero-order chi connectivity index (χ0) is 20.6. The molecule has 0 aliphatic heterocycles. The molecule has 4 saturated carbocycles. The highest BCUT2D eigenvalue weighted by Crippen LogP contribution is 2.55. The highest BCUT2D eigenvalue weighted by molar-refractivity contribution is 5.78. The number of carbonyl (C=O) groups is 1. The SMILES string of the molecule is [C-]#[N+]C(C)(C)COc1cc(OCC(=O)NC23CC4CC(CC(C4)C2)C3)nc(=O)[nH]1. The number of nitrogens with zero attached hydrogens (tertiary/aromatic N) is 2. The smallest absolute Gasteiger partial charge is 0.351 e. The molecule has 1 aromatic rings. The van der Waals surface area contributed by atoms with Crippen LogP contribution in [0.1, 0.15) is 52.4 Å². The van der Waals surface area contributed by atoms with E-state index in [1.54, 1.807) is 13.8 Å². The van der Waals surface area contributed by atoms with Gasteiger partial charge >= 0.3 is 5.69 Å². The topological polar surface area (TPSA) is 97.7 Å². The van der Waals surface area contributed by atoms with E-state index in [4.69, 9.17) is 16.0 Å². The van der Waals surface area contributed by atoms with E-state index in [0.717, 1.165) is 37.0 Å².